The van der Waals surface area contributed by atoms with E-state index in [2.05, 4.69) is 27.7 Å². The fourth-order valence-electron chi connectivity index (χ4n) is 1.01. The Labute approximate surface area is 80.2 Å². The first kappa shape index (κ1) is 8.46. The Morgan fingerprint density at radius 3 is 3.15 bits per heavy atom. The van der Waals surface area contributed by atoms with Gasteiger partial charge in [-0.25, -0.2) is 4.98 Å². The summed E-state index contributed by atoms with van der Waals surface area (Å²) in [5.41, 5.74) is 0. The normalized spacial score (nSPS) is 10.9. The number of fused-ring (bicyclic) bond motifs is 1. The molecule has 0 aromatic carbocycles. The van der Waals surface area contributed by atoms with Gasteiger partial charge in [-0.1, -0.05) is 0 Å². The Hall–Kier alpha value is -1.14. The summed E-state index contributed by atoms with van der Waals surface area (Å²) in [6.07, 6.45) is 1.64. The van der Waals surface area contributed by atoms with Crippen LogP contribution in [-0.2, 0) is 11.3 Å². The summed E-state index contributed by atoms with van der Waals surface area (Å²) >= 11 is 4.21. The van der Waals surface area contributed by atoms with Crippen LogP contribution in [0.2, 0.25) is 0 Å². The van der Waals surface area contributed by atoms with Gasteiger partial charge < -0.3 is 4.74 Å². The van der Waals surface area contributed by atoms with Gasteiger partial charge in [0.1, 0.15) is 11.6 Å². The average molecular weight is 196 g/mol. The summed E-state index contributed by atoms with van der Waals surface area (Å²) in [4.78, 5) is 8.16. The van der Waals surface area contributed by atoms with Crippen LogP contribution in [0.25, 0.3) is 5.78 Å². The van der Waals surface area contributed by atoms with Gasteiger partial charge in [0, 0.05) is 13.3 Å². The number of rotatable bonds is 2. The molecular formula is C7H8N4OS. The molecule has 6 heteroatoms. The molecule has 0 fully saturated rings. The number of hydrogen-bond donors (Lipinski definition) is 1. The fourth-order valence-corrected chi connectivity index (χ4v) is 1.21. The average Bonchev–Trinajstić information content (AvgIpc) is 2.49. The minimum atomic E-state index is 0.385. The van der Waals surface area contributed by atoms with Gasteiger partial charge >= 0.3 is 0 Å². The number of nitrogens with zero attached hydrogens (tertiary/aromatic N) is 4. The van der Waals surface area contributed by atoms with E-state index in [-0.39, 0.29) is 0 Å². The highest BCUT2D eigenvalue weighted by molar-refractivity contribution is 7.80. The first-order valence-electron chi connectivity index (χ1n) is 3.70. The van der Waals surface area contributed by atoms with E-state index in [1.807, 2.05) is 0 Å². The van der Waals surface area contributed by atoms with E-state index in [4.69, 9.17) is 4.74 Å². The number of methoxy groups -OCH3 is 1. The lowest BCUT2D eigenvalue weighted by molar-refractivity contribution is 0.178. The van der Waals surface area contributed by atoms with Crippen molar-refractivity contribution in [3.63, 3.8) is 0 Å². The van der Waals surface area contributed by atoms with E-state index >= 15 is 0 Å². The molecule has 0 spiro atoms. The van der Waals surface area contributed by atoms with E-state index in [1.165, 1.54) is 0 Å². The maximum absolute atomic E-state index is 4.91. The number of aromatic nitrogens is 4. The third kappa shape index (κ3) is 1.50. The largest absolute Gasteiger partial charge is 0.377 e. The summed E-state index contributed by atoms with van der Waals surface area (Å²) in [6, 6.07) is 1.75. The Kier molecular flexibility index (Phi) is 2.15. The van der Waals surface area contributed by atoms with Crippen LogP contribution in [-0.4, -0.2) is 26.7 Å². The van der Waals surface area contributed by atoms with Crippen molar-refractivity contribution in [3.05, 3.63) is 18.1 Å². The van der Waals surface area contributed by atoms with Crippen molar-refractivity contribution in [2.24, 2.45) is 0 Å². The summed E-state index contributed by atoms with van der Waals surface area (Å²) in [5.74, 6) is 1.15. The highest BCUT2D eigenvalue weighted by Crippen LogP contribution is 2.06. The fraction of sp³-hybridized carbons (Fsp3) is 0.286. The molecule has 13 heavy (non-hydrogen) atoms. The number of ether oxygens (including phenoxy) is 1. The topological polar surface area (TPSA) is 52.3 Å². The van der Waals surface area contributed by atoms with Gasteiger partial charge in [0.15, 0.2) is 5.82 Å². The molecule has 0 radical (unpaired) electrons. The maximum atomic E-state index is 4.91. The van der Waals surface area contributed by atoms with E-state index in [0.29, 0.717) is 23.2 Å². The van der Waals surface area contributed by atoms with E-state index in [1.54, 1.807) is 23.9 Å². The van der Waals surface area contributed by atoms with Crippen molar-refractivity contribution < 1.29 is 4.74 Å². The molecule has 0 amide bonds. The second-order valence-corrected chi connectivity index (χ2v) is 2.93. The Morgan fingerprint density at radius 1 is 1.62 bits per heavy atom. The van der Waals surface area contributed by atoms with Crippen molar-refractivity contribution in [1.82, 2.24) is 19.6 Å². The third-order valence-corrected chi connectivity index (χ3v) is 1.88. The minimum Gasteiger partial charge on any atom is -0.377 e. The van der Waals surface area contributed by atoms with Gasteiger partial charge in [-0.2, -0.15) is 9.50 Å². The Morgan fingerprint density at radius 2 is 2.46 bits per heavy atom. The molecule has 0 bridgehead atoms. The lowest BCUT2D eigenvalue weighted by Gasteiger charge is -1.92. The van der Waals surface area contributed by atoms with Crippen molar-refractivity contribution >= 4 is 18.4 Å². The molecule has 0 saturated heterocycles. The van der Waals surface area contributed by atoms with Crippen LogP contribution in [0.5, 0.6) is 0 Å². The van der Waals surface area contributed by atoms with Crippen LogP contribution in [0.1, 0.15) is 5.82 Å². The van der Waals surface area contributed by atoms with Gasteiger partial charge in [-0.15, -0.1) is 17.7 Å². The Balaban J connectivity index is 2.55. The standard InChI is InChI=1S/C7H8N4OS/c1-12-4-5-9-7-8-3-2-6(13)11(7)10-5/h2-3,13H,4H2,1H3. The van der Waals surface area contributed by atoms with Crippen LogP contribution >= 0.6 is 12.6 Å². The highest BCUT2D eigenvalue weighted by Gasteiger charge is 2.04. The second-order valence-electron chi connectivity index (χ2n) is 2.48. The van der Waals surface area contributed by atoms with Crippen LogP contribution in [0.3, 0.4) is 0 Å². The summed E-state index contributed by atoms with van der Waals surface area (Å²) in [7, 11) is 1.60. The molecular weight excluding hydrogens is 188 g/mol. The van der Waals surface area contributed by atoms with Crippen LogP contribution < -0.4 is 0 Å². The number of hydrogen-bond acceptors (Lipinski definition) is 5. The van der Waals surface area contributed by atoms with Gasteiger partial charge in [0.2, 0.25) is 0 Å². The lowest BCUT2D eigenvalue weighted by Crippen LogP contribution is -1.93. The maximum Gasteiger partial charge on any atom is 0.253 e. The SMILES string of the molecule is COCc1nc2nccc(S)n2n1. The molecule has 5 nitrogen and oxygen atoms in total. The molecule has 0 atom stereocenters. The quantitative estimate of drug-likeness (QED) is 0.563. The third-order valence-electron chi connectivity index (χ3n) is 1.54. The molecule has 0 aliphatic heterocycles. The van der Waals surface area contributed by atoms with E-state index in [9.17, 15) is 0 Å². The van der Waals surface area contributed by atoms with Crippen LogP contribution in [0.4, 0.5) is 0 Å². The van der Waals surface area contributed by atoms with Crippen LogP contribution in [0.15, 0.2) is 17.3 Å². The molecule has 0 unspecified atom stereocenters. The molecule has 2 rings (SSSR count). The zero-order chi connectivity index (χ0) is 9.26. The minimum absolute atomic E-state index is 0.385. The molecule has 0 N–H and O–H groups in total. The first-order valence-corrected chi connectivity index (χ1v) is 4.14. The zero-order valence-electron chi connectivity index (χ0n) is 7.01. The van der Waals surface area contributed by atoms with Gasteiger partial charge in [-0.3, -0.25) is 0 Å². The van der Waals surface area contributed by atoms with Crippen molar-refractivity contribution in [2.75, 3.05) is 7.11 Å². The molecule has 2 heterocycles. The zero-order valence-corrected chi connectivity index (χ0v) is 7.90. The second kappa shape index (κ2) is 3.31. The van der Waals surface area contributed by atoms with Gasteiger partial charge in [0.25, 0.3) is 5.78 Å². The number of thiol groups is 1. The molecule has 2 aromatic rings. The van der Waals surface area contributed by atoms with E-state index in [0.717, 1.165) is 0 Å². The molecule has 68 valence electrons. The molecule has 0 saturated carbocycles. The van der Waals surface area contributed by atoms with E-state index < -0.39 is 0 Å². The summed E-state index contributed by atoms with van der Waals surface area (Å²) < 4.78 is 6.47. The predicted molar refractivity (Wildman–Crippen MR) is 48.7 cm³/mol. The molecule has 0 aliphatic carbocycles. The monoisotopic (exact) mass is 196 g/mol. The van der Waals surface area contributed by atoms with Crippen LogP contribution in [0, 0.1) is 0 Å². The van der Waals surface area contributed by atoms with Gasteiger partial charge in [0.05, 0.1) is 0 Å². The van der Waals surface area contributed by atoms with Crippen molar-refractivity contribution in [1.29, 1.82) is 0 Å². The Bertz CT molecular complexity index is 427. The lowest BCUT2D eigenvalue weighted by atomic mass is 10.7. The smallest absolute Gasteiger partial charge is 0.253 e. The molecule has 2 aromatic heterocycles. The van der Waals surface area contributed by atoms with Crippen molar-refractivity contribution in [2.45, 2.75) is 11.6 Å². The van der Waals surface area contributed by atoms with Gasteiger partial charge in [-0.05, 0) is 6.07 Å². The summed E-state index contributed by atoms with van der Waals surface area (Å²) in [5, 5.41) is 4.85. The highest BCUT2D eigenvalue weighted by atomic mass is 32.1. The predicted octanol–water partition coefficient (Wildman–Crippen LogP) is 0.559. The van der Waals surface area contributed by atoms with Crippen molar-refractivity contribution in [3.8, 4) is 0 Å². The summed E-state index contributed by atoms with van der Waals surface area (Å²) in [6.45, 7) is 0.385. The first-order chi connectivity index (χ1) is 6.31. The molecule has 0 aliphatic rings.